The number of thiophene rings is 1. The van der Waals surface area contributed by atoms with Crippen LogP contribution in [0.3, 0.4) is 0 Å². The molecule has 0 aliphatic heterocycles. The van der Waals surface area contributed by atoms with E-state index in [1.807, 2.05) is 23.6 Å². The lowest BCUT2D eigenvalue weighted by Gasteiger charge is -2.12. The summed E-state index contributed by atoms with van der Waals surface area (Å²) in [4.78, 5) is 16.6. The first-order valence-corrected chi connectivity index (χ1v) is 8.78. The minimum absolute atomic E-state index is 0.0446. The lowest BCUT2D eigenvalue weighted by atomic mass is 10.1. The fourth-order valence-electron chi connectivity index (χ4n) is 2.57. The van der Waals surface area contributed by atoms with Crippen LogP contribution in [0, 0.1) is 18.3 Å². The van der Waals surface area contributed by atoms with Crippen molar-refractivity contribution in [2.75, 3.05) is 0 Å². The minimum Gasteiger partial charge on any atom is -0.507 e. The van der Waals surface area contributed by atoms with Crippen molar-refractivity contribution in [1.29, 1.82) is 5.26 Å². The molecule has 130 valence electrons. The average molecular weight is 364 g/mol. The Hall–Kier alpha value is -3.17. The van der Waals surface area contributed by atoms with Gasteiger partial charge in [-0.3, -0.25) is 4.79 Å². The van der Waals surface area contributed by atoms with Gasteiger partial charge >= 0.3 is 0 Å². The number of phenols is 1. The van der Waals surface area contributed by atoms with Crippen molar-refractivity contribution in [3.63, 3.8) is 0 Å². The summed E-state index contributed by atoms with van der Waals surface area (Å²) in [5, 5.41) is 21.0. The van der Waals surface area contributed by atoms with Gasteiger partial charge in [-0.2, -0.15) is 5.26 Å². The largest absolute Gasteiger partial charge is 0.507 e. The highest BCUT2D eigenvalue weighted by Crippen LogP contribution is 2.33. The fourth-order valence-corrected chi connectivity index (χ4v) is 3.48. The van der Waals surface area contributed by atoms with Crippen molar-refractivity contribution >= 4 is 17.1 Å². The highest BCUT2D eigenvalue weighted by atomic mass is 32.1. The molecule has 26 heavy (non-hydrogen) atoms. The first kappa shape index (κ1) is 17.6. The Kier molecular flexibility index (Phi) is 5.01. The number of aromatic nitrogens is 1. The average Bonchev–Trinajstić information content (AvgIpc) is 3.11. The fraction of sp³-hybridized carbons (Fsp3) is 0.150. The number of nitriles is 1. The molecule has 3 aromatic rings. The molecule has 0 bridgehead atoms. The molecule has 6 heteroatoms. The second-order valence-electron chi connectivity index (χ2n) is 5.75. The number of carbonyl (C=O) groups excluding carboxylic acids is 1. The molecule has 0 aliphatic rings. The highest BCUT2D eigenvalue weighted by Gasteiger charge is 2.14. The smallest absolute Gasteiger partial charge is 0.163 e. The van der Waals surface area contributed by atoms with E-state index in [1.165, 1.54) is 6.92 Å². The van der Waals surface area contributed by atoms with Crippen LogP contribution in [0.4, 0.5) is 0 Å². The van der Waals surface area contributed by atoms with Crippen molar-refractivity contribution in [2.45, 2.75) is 20.5 Å². The Balaban J connectivity index is 1.81. The number of Topliss-reactive ketones (excluding diaryl/α,β-unsaturated/α-hetero) is 1. The molecule has 0 saturated carbocycles. The molecule has 0 saturated heterocycles. The predicted octanol–water partition coefficient (Wildman–Crippen LogP) is 4.48. The molecule has 0 fully saturated rings. The maximum Gasteiger partial charge on any atom is 0.163 e. The van der Waals surface area contributed by atoms with Crippen molar-refractivity contribution in [1.82, 2.24) is 4.98 Å². The molecule has 2 heterocycles. The van der Waals surface area contributed by atoms with Gasteiger partial charge in [0.15, 0.2) is 5.78 Å². The number of pyridine rings is 1. The van der Waals surface area contributed by atoms with Crippen LogP contribution in [0.1, 0.15) is 34.1 Å². The third kappa shape index (κ3) is 3.44. The van der Waals surface area contributed by atoms with Gasteiger partial charge in [0.2, 0.25) is 0 Å². The van der Waals surface area contributed by atoms with E-state index in [0.29, 0.717) is 23.6 Å². The van der Waals surface area contributed by atoms with Crippen LogP contribution in [0.2, 0.25) is 0 Å². The summed E-state index contributed by atoms with van der Waals surface area (Å²) < 4.78 is 5.87. The van der Waals surface area contributed by atoms with Gasteiger partial charge in [0.05, 0.1) is 5.56 Å². The number of phenolic OH excluding ortho intramolecular Hbond substituents is 1. The number of ketones is 1. The lowest BCUT2D eigenvalue weighted by Crippen LogP contribution is -2.00. The van der Waals surface area contributed by atoms with Crippen molar-refractivity contribution in [3.8, 4) is 28.0 Å². The normalized spacial score (nSPS) is 10.3. The summed E-state index contributed by atoms with van der Waals surface area (Å²) in [5.41, 5.74) is 3.10. The molecule has 0 spiro atoms. The summed E-state index contributed by atoms with van der Waals surface area (Å²) in [6.45, 7) is 3.45. The number of carbonyl (C=O) groups is 1. The molecule has 0 aliphatic carbocycles. The molecule has 0 atom stereocenters. The van der Waals surface area contributed by atoms with Gasteiger partial charge in [-0.25, -0.2) is 4.98 Å². The molecular weight excluding hydrogens is 348 g/mol. The Morgan fingerprint density at radius 2 is 2.12 bits per heavy atom. The zero-order valence-electron chi connectivity index (χ0n) is 14.3. The molecule has 5 nitrogen and oxygen atoms in total. The van der Waals surface area contributed by atoms with Gasteiger partial charge in [0, 0.05) is 27.8 Å². The van der Waals surface area contributed by atoms with E-state index >= 15 is 0 Å². The van der Waals surface area contributed by atoms with Crippen molar-refractivity contribution < 1.29 is 14.6 Å². The monoisotopic (exact) mass is 364 g/mol. The maximum absolute atomic E-state index is 11.5. The Morgan fingerprint density at radius 3 is 2.77 bits per heavy atom. The number of nitrogens with zero attached hydrogens (tertiary/aromatic N) is 2. The third-order valence-corrected chi connectivity index (χ3v) is 5.04. The number of ether oxygens (including phenoxy) is 1. The standard InChI is InChI=1S/C20H16N2O3S/c1-12-18(6-5-17(13(2)23)19(12)24)25-11-15-7-8-26-20(15)14-3-4-16(9-21)22-10-14/h3-8,10,24H,11H2,1-2H3. The van der Waals surface area contributed by atoms with Crippen LogP contribution in [0.25, 0.3) is 10.4 Å². The molecule has 1 N–H and O–H groups in total. The van der Waals surface area contributed by atoms with E-state index in [-0.39, 0.29) is 17.1 Å². The minimum atomic E-state index is -0.189. The van der Waals surface area contributed by atoms with Crippen LogP contribution >= 0.6 is 11.3 Å². The molecule has 3 rings (SSSR count). The van der Waals surface area contributed by atoms with E-state index in [2.05, 4.69) is 4.98 Å². The predicted molar refractivity (Wildman–Crippen MR) is 99.4 cm³/mol. The summed E-state index contributed by atoms with van der Waals surface area (Å²) in [6.07, 6.45) is 1.67. The Bertz CT molecular complexity index is 1000. The zero-order valence-corrected chi connectivity index (χ0v) is 15.1. The van der Waals surface area contributed by atoms with E-state index < -0.39 is 0 Å². The molecular formula is C20H16N2O3S. The summed E-state index contributed by atoms with van der Waals surface area (Å²) in [6, 6.07) is 10.8. The Morgan fingerprint density at radius 1 is 1.31 bits per heavy atom. The third-order valence-electron chi connectivity index (χ3n) is 4.03. The summed E-state index contributed by atoms with van der Waals surface area (Å²) in [5.74, 6) is 0.296. The van der Waals surface area contributed by atoms with Gasteiger partial charge < -0.3 is 9.84 Å². The maximum atomic E-state index is 11.5. The number of benzene rings is 1. The Labute approximate surface area is 155 Å². The quantitative estimate of drug-likeness (QED) is 0.675. The van der Waals surface area contributed by atoms with E-state index in [1.54, 1.807) is 42.7 Å². The second kappa shape index (κ2) is 7.38. The van der Waals surface area contributed by atoms with Crippen molar-refractivity contribution in [3.05, 3.63) is 64.3 Å². The first-order valence-electron chi connectivity index (χ1n) is 7.90. The summed E-state index contributed by atoms with van der Waals surface area (Å²) in [7, 11) is 0. The lowest BCUT2D eigenvalue weighted by molar-refractivity contribution is 0.101. The van der Waals surface area contributed by atoms with Gasteiger partial charge in [-0.1, -0.05) is 0 Å². The van der Waals surface area contributed by atoms with E-state index in [9.17, 15) is 9.90 Å². The number of hydrogen-bond donors (Lipinski definition) is 1. The van der Waals surface area contributed by atoms with Crippen LogP contribution < -0.4 is 4.74 Å². The molecule has 0 radical (unpaired) electrons. The second-order valence-corrected chi connectivity index (χ2v) is 6.66. The molecule has 0 amide bonds. The van der Waals surface area contributed by atoms with E-state index in [0.717, 1.165) is 16.0 Å². The van der Waals surface area contributed by atoms with Crippen LogP contribution in [-0.2, 0) is 6.61 Å². The number of rotatable bonds is 5. The van der Waals surface area contributed by atoms with Crippen LogP contribution in [0.15, 0.2) is 41.9 Å². The molecule has 1 aromatic carbocycles. The first-order chi connectivity index (χ1) is 12.5. The van der Waals surface area contributed by atoms with Gasteiger partial charge in [0.1, 0.15) is 29.9 Å². The number of hydrogen-bond acceptors (Lipinski definition) is 6. The molecule has 2 aromatic heterocycles. The van der Waals surface area contributed by atoms with Crippen LogP contribution in [-0.4, -0.2) is 15.9 Å². The van der Waals surface area contributed by atoms with Crippen LogP contribution in [0.5, 0.6) is 11.5 Å². The SMILES string of the molecule is CC(=O)c1ccc(OCc2ccsc2-c2ccc(C#N)nc2)c(C)c1O. The van der Waals surface area contributed by atoms with Crippen molar-refractivity contribution in [2.24, 2.45) is 0 Å². The van der Waals surface area contributed by atoms with Gasteiger partial charge in [-0.05, 0) is 49.6 Å². The number of aromatic hydroxyl groups is 1. The zero-order chi connectivity index (χ0) is 18.7. The van der Waals surface area contributed by atoms with Gasteiger partial charge in [0.25, 0.3) is 0 Å². The highest BCUT2D eigenvalue weighted by molar-refractivity contribution is 7.13. The summed E-state index contributed by atoms with van der Waals surface area (Å²) >= 11 is 1.57. The van der Waals surface area contributed by atoms with E-state index in [4.69, 9.17) is 10.00 Å². The van der Waals surface area contributed by atoms with Gasteiger partial charge in [-0.15, -0.1) is 11.3 Å². The topological polar surface area (TPSA) is 83.2 Å². The molecule has 0 unspecified atom stereocenters.